The Labute approximate surface area is 119 Å². The summed E-state index contributed by atoms with van der Waals surface area (Å²) in [6, 6.07) is 2.35. The number of nitrogens with one attached hydrogen (secondary N) is 1. The lowest BCUT2D eigenvalue weighted by atomic mass is 10.2. The van der Waals surface area contributed by atoms with Crippen LogP contribution in [0.25, 0.3) is 10.4 Å². The maximum atomic E-state index is 5.50. The SMILES string of the molecule is CC(CCN)Nc1ncc(-c2cc(Br)cs2)cn1. The van der Waals surface area contributed by atoms with Gasteiger partial charge in [0.1, 0.15) is 0 Å². The molecular weight excluding hydrogens is 312 g/mol. The van der Waals surface area contributed by atoms with E-state index in [-0.39, 0.29) is 6.04 Å². The van der Waals surface area contributed by atoms with Gasteiger partial charge in [-0.2, -0.15) is 0 Å². The molecule has 1 atom stereocenters. The van der Waals surface area contributed by atoms with E-state index in [1.807, 2.05) is 17.8 Å². The van der Waals surface area contributed by atoms with Crippen LogP contribution in [0.15, 0.2) is 28.3 Å². The third-order valence-electron chi connectivity index (χ3n) is 2.48. The van der Waals surface area contributed by atoms with Crippen molar-refractivity contribution in [2.75, 3.05) is 11.9 Å². The van der Waals surface area contributed by atoms with E-state index in [1.54, 1.807) is 11.3 Å². The number of anilines is 1. The lowest BCUT2D eigenvalue weighted by molar-refractivity contribution is 0.709. The van der Waals surface area contributed by atoms with E-state index in [0.717, 1.165) is 21.3 Å². The van der Waals surface area contributed by atoms with Gasteiger partial charge in [0, 0.05) is 38.7 Å². The normalized spacial score (nSPS) is 12.4. The van der Waals surface area contributed by atoms with Gasteiger partial charge in [-0.25, -0.2) is 9.97 Å². The largest absolute Gasteiger partial charge is 0.352 e. The Hall–Kier alpha value is -0.980. The topological polar surface area (TPSA) is 63.8 Å². The van der Waals surface area contributed by atoms with Crippen LogP contribution in [0.5, 0.6) is 0 Å². The first-order chi connectivity index (χ1) is 8.69. The van der Waals surface area contributed by atoms with E-state index in [0.29, 0.717) is 12.5 Å². The van der Waals surface area contributed by atoms with Crippen molar-refractivity contribution >= 4 is 33.2 Å². The molecule has 2 rings (SSSR count). The predicted octanol–water partition coefficient (Wildman–Crippen LogP) is 3.12. The lowest BCUT2D eigenvalue weighted by Crippen LogP contribution is -2.20. The monoisotopic (exact) mass is 326 g/mol. The van der Waals surface area contributed by atoms with Crippen LogP contribution in [-0.4, -0.2) is 22.6 Å². The van der Waals surface area contributed by atoms with E-state index in [2.05, 4.69) is 44.2 Å². The summed E-state index contributed by atoms with van der Waals surface area (Å²) in [6.07, 6.45) is 4.58. The fourth-order valence-corrected chi connectivity index (χ4v) is 2.94. The van der Waals surface area contributed by atoms with Crippen molar-refractivity contribution in [3.8, 4) is 10.4 Å². The Balaban J connectivity index is 2.06. The molecule has 4 nitrogen and oxygen atoms in total. The molecule has 6 heteroatoms. The van der Waals surface area contributed by atoms with E-state index in [4.69, 9.17) is 5.73 Å². The molecule has 0 fully saturated rings. The smallest absolute Gasteiger partial charge is 0.222 e. The molecule has 2 heterocycles. The minimum absolute atomic E-state index is 0.289. The number of nitrogens with two attached hydrogens (primary N) is 1. The standard InChI is InChI=1S/C12H15BrN4S/c1-8(2-3-14)17-12-15-5-9(6-16-12)11-4-10(13)7-18-11/h4-8H,2-3,14H2,1H3,(H,15,16,17). The molecular formula is C12H15BrN4S. The third-order valence-corrected chi connectivity index (χ3v) is 4.22. The number of thiophene rings is 1. The van der Waals surface area contributed by atoms with Gasteiger partial charge in [0.05, 0.1) is 0 Å². The van der Waals surface area contributed by atoms with Crippen molar-refractivity contribution in [3.63, 3.8) is 0 Å². The van der Waals surface area contributed by atoms with Gasteiger partial charge in [-0.3, -0.25) is 0 Å². The van der Waals surface area contributed by atoms with Crippen molar-refractivity contribution in [1.82, 2.24) is 9.97 Å². The zero-order chi connectivity index (χ0) is 13.0. The molecule has 0 saturated heterocycles. The van der Waals surface area contributed by atoms with Crippen LogP contribution >= 0.6 is 27.3 Å². The van der Waals surface area contributed by atoms with Gasteiger partial charge in [0.25, 0.3) is 0 Å². The molecule has 0 aliphatic carbocycles. The summed E-state index contributed by atoms with van der Waals surface area (Å²) >= 11 is 5.11. The molecule has 2 aromatic rings. The van der Waals surface area contributed by atoms with E-state index < -0.39 is 0 Å². The number of rotatable bonds is 5. The zero-order valence-electron chi connectivity index (χ0n) is 10.1. The average Bonchev–Trinajstić information content (AvgIpc) is 2.77. The molecule has 0 aliphatic rings. The van der Waals surface area contributed by atoms with Crippen molar-refractivity contribution in [2.24, 2.45) is 5.73 Å². The molecule has 0 bridgehead atoms. The Morgan fingerprint density at radius 1 is 1.44 bits per heavy atom. The highest BCUT2D eigenvalue weighted by atomic mass is 79.9. The summed E-state index contributed by atoms with van der Waals surface area (Å²) in [6.45, 7) is 2.73. The highest BCUT2D eigenvalue weighted by molar-refractivity contribution is 9.10. The maximum absolute atomic E-state index is 5.50. The van der Waals surface area contributed by atoms with Gasteiger partial charge in [0.15, 0.2) is 0 Å². The molecule has 0 aliphatic heterocycles. The van der Waals surface area contributed by atoms with Gasteiger partial charge < -0.3 is 11.1 Å². The van der Waals surface area contributed by atoms with Gasteiger partial charge in [-0.1, -0.05) is 0 Å². The minimum atomic E-state index is 0.289. The fraction of sp³-hybridized carbons (Fsp3) is 0.333. The molecule has 1 unspecified atom stereocenters. The molecule has 0 radical (unpaired) electrons. The first kappa shape index (κ1) is 13.5. The van der Waals surface area contributed by atoms with Crippen LogP contribution in [0.3, 0.4) is 0 Å². The van der Waals surface area contributed by atoms with Gasteiger partial charge in [0.2, 0.25) is 5.95 Å². The highest BCUT2D eigenvalue weighted by Gasteiger charge is 2.05. The third kappa shape index (κ3) is 3.51. The van der Waals surface area contributed by atoms with Gasteiger partial charge in [-0.05, 0) is 41.9 Å². The summed E-state index contributed by atoms with van der Waals surface area (Å²) in [4.78, 5) is 9.79. The Morgan fingerprint density at radius 2 is 2.17 bits per heavy atom. The van der Waals surface area contributed by atoms with Crippen molar-refractivity contribution in [1.29, 1.82) is 0 Å². The summed E-state index contributed by atoms with van der Waals surface area (Å²) in [5, 5.41) is 5.27. The van der Waals surface area contributed by atoms with Crippen LogP contribution in [0.2, 0.25) is 0 Å². The zero-order valence-corrected chi connectivity index (χ0v) is 12.5. The Bertz CT molecular complexity index is 497. The molecule has 0 aromatic carbocycles. The molecule has 2 aromatic heterocycles. The Kier molecular flexibility index (Phi) is 4.68. The van der Waals surface area contributed by atoms with E-state index >= 15 is 0 Å². The number of hydrogen-bond donors (Lipinski definition) is 2. The predicted molar refractivity (Wildman–Crippen MR) is 79.8 cm³/mol. The molecule has 0 amide bonds. The maximum Gasteiger partial charge on any atom is 0.222 e. The van der Waals surface area contributed by atoms with Gasteiger partial charge >= 0.3 is 0 Å². The quantitative estimate of drug-likeness (QED) is 0.886. The summed E-state index contributed by atoms with van der Waals surface area (Å²) < 4.78 is 1.08. The highest BCUT2D eigenvalue weighted by Crippen LogP contribution is 2.29. The summed E-state index contributed by atoms with van der Waals surface area (Å²) in [5.74, 6) is 0.648. The minimum Gasteiger partial charge on any atom is -0.352 e. The molecule has 3 N–H and O–H groups in total. The molecule has 96 valence electrons. The second-order valence-electron chi connectivity index (χ2n) is 4.05. The number of halogens is 1. The first-order valence-electron chi connectivity index (χ1n) is 5.72. The number of hydrogen-bond acceptors (Lipinski definition) is 5. The molecule has 0 saturated carbocycles. The van der Waals surface area contributed by atoms with Crippen LogP contribution in [0, 0.1) is 0 Å². The van der Waals surface area contributed by atoms with Crippen LogP contribution in [0.4, 0.5) is 5.95 Å². The van der Waals surface area contributed by atoms with Crippen LogP contribution in [0.1, 0.15) is 13.3 Å². The molecule has 0 spiro atoms. The molecule has 18 heavy (non-hydrogen) atoms. The average molecular weight is 327 g/mol. The summed E-state index contributed by atoms with van der Waals surface area (Å²) in [5.41, 5.74) is 6.53. The van der Waals surface area contributed by atoms with Crippen LogP contribution in [-0.2, 0) is 0 Å². The van der Waals surface area contributed by atoms with Crippen LogP contribution < -0.4 is 11.1 Å². The van der Waals surface area contributed by atoms with Crippen molar-refractivity contribution in [3.05, 3.63) is 28.3 Å². The fourth-order valence-electron chi connectivity index (χ4n) is 1.54. The number of nitrogens with zero attached hydrogens (tertiary/aromatic N) is 2. The lowest BCUT2D eigenvalue weighted by Gasteiger charge is -2.12. The first-order valence-corrected chi connectivity index (χ1v) is 7.39. The van der Waals surface area contributed by atoms with Crippen molar-refractivity contribution in [2.45, 2.75) is 19.4 Å². The second-order valence-corrected chi connectivity index (χ2v) is 5.87. The summed E-state index contributed by atoms with van der Waals surface area (Å²) in [7, 11) is 0. The Morgan fingerprint density at radius 3 is 2.72 bits per heavy atom. The number of aromatic nitrogens is 2. The van der Waals surface area contributed by atoms with E-state index in [9.17, 15) is 0 Å². The van der Waals surface area contributed by atoms with E-state index in [1.165, 1.54) is 0 Å². The second kappa shape index (κ2) is 6.26. The van der Waals surface area contributed by atoms with Crippen molar-refractivity contribution < 1.29 is 0 Å². The van der Waals surface area contributed by atoms with Gasteiger partial charge in [-0.15, -0.1) is 11.3 Å².